The van der Waals surface area contributed by atoms with Crippen LogP contribution in [0, 0.1) is 0 Å². The fourth-order valence-corrected chi connectivity index (χ4v) is 1.33. The largest absolute Gasteiger partial charge is 0.476 e. The second-order valence-electron chi connectivity index (χ2n) is 3.27. The quantitative estimate of drug-likeness (QED) is 0.868. The van der Waals surface area contributed by atoms with E-state index in [1.807, 2.05) is 0 Å². The number of carboxylic acids is 1. The first-order chi connectivity index (χ1) is 8.18. The van der Waals surface area contributed by atoms with Gasteiger partial charge in [-0.25, -0.2) is 9.59 Å². The van der Waals surface area contributed by atoms with Gasteiger partial charge in [0.25, 0.3) is 0 Å². The van der Waals surface area contributed by atoms with Crippen LogP contribution in [0.15, 0.2) is 48.7 Å². The Morgan fingerprint density at radius 2 is 1.76 bits per heavy atom. The van der Waals surface area contributed by atoms with Crippen molar-refractivity contribution in [3.8, 4) is 0 Å². The van der Waals surface area contributed by atoms with E-state index in [9.17, 15) is 9.59 Å². The smallest absolute Gasteiger partial charge is 0.363 e. The van der Waals surface area contributed by atoms with Crippen LogP contribution in [-0.4, -0.2) is 21.8 Å². The molecule has 0 aliphatic heterocycles. The molecule has 0 radical (unpaired) electrons. The maximum absolute atomic E-state index is 11.7. The molecule has 2 rings (SSSR count). The van der Waals surface area contributed by atoms with Crippen LogP contribution in [0.5, 0.6) is 0 Å². The number of nitrogens with zero attached hydrogens (tertiary/aromatic N) is 1. The van der Waals surface area contributed by atoms with Crippen LogP contribution < -0.4 is 4.84 Å². The predicted octanol–water partition coefficient (Wildman–Crippen LogP) is 1.46. The molecule has 1 aromatic carbocycles. The Balaban J connectivity index is 2.19. The van der Waals surface area contributed by atoms with Crippen molar-refractivity contribution < 1.29 is 19.5 Å². The van der Waals surface area contributed by atoms with Crippen molar-refractivity contribution in [2.45, 2.75) is 0 Å². The molecular weight excluding hydrogens is 222 g/mol. The van der Waals surface area contributed by atoms with Gasteiger partial charge in [-0.3, -0.25) is 0 Å². The van der Waals surface area contributed by atoms with E-state index >= 15 is 0 Å². The number of aromatic carboxylic acids is 1. The summed E-state index contributed by atoms with van der Waals surface area (Å²) in [6.07, 6.45) is 1.37. The highest BCUT2D eigenvalue weighted by Gasteiger charge is 2.13. The molecule has 5 nitrogen and oxygen atoms in total. The maximum atomic E-state index is 11.7. The number of carboxylic acid groups (broad SMARTS) is 1. The molecule has 86 valence electrons. The zero-order chi connectivity index (χ0) is 12.3. The second kappa shape index (κ2) is 4.52. The van der Waals surface area contributed by atoms with E-state index in [0.29, 0.717) is 5.56 Å². The van der Waals surface area contributed by atoms with Gasteiger partial charge in [-0.15, -0.1) is 0 Å². The molecular formula is C12H9NO4. The molecule has 0 aliphatic rings. The first kappa shape index (κ1) is 10.9. The highest BCUT2D eigenvalue weighted by molar-refractivity contribution is 5.90. The van der Waals surface area contributed by atoms with E-state index in [1.165, 1.54) is 18.3 Å². The van der Waals surface area contributed by atoms with Gasteiger partial charge in [0.05, 0.1) is 5.56 Å². The fourth-order valence-electron chi connectivity index (χ4n) is 1.33. The van der Waals surface area contributed by atoms with E-state index < -0.39 is 11.9 Å². The van der Waals surface area contributed by atoms with E-state index in [1.54, 1.807) is 30.3 Å². The summed E-state index contributed by atoms with van der Waals surface area (Å²) in [5.41, 5.74) is 0.256. The van der Waals surface area contributed by atoms with E-state index in [-0.39, 0.29) is 5.69 Å². The summed E-state index contributed by atoms with van der Waals surface area (Å²) < 4.78 is 0.928. The van der Waals surface area contributed by atoms with E-state index in [0.717, 1.165) is 4.73 Å². The van der Waals surface area contributed by atoms with Gasteiger partial charge in [-0.1, -0.05) is 18.2 Å². The summed E-state index contributed by atoms with van der Waals surface area (Å²) in [4.78, 5) is 27.4. The Morgan fingerprint density at radius 1 is 1.06 bits per heavy atom. The lowest BCUT2D eigenvalue weighted by molar-refractivity contribution is 0.0422. The van der Waals surface area contributed by atoms with Gasteiger partial charge in [0, 0.05) is 6.20 Å². The van der Waals surface area contributed by atoms with Crippen LogP contribution in [0.4, 0.5) is 0 Å². The number of carbonyl (C=O) groups is 2. The number of hydrogen-bond acceptors (Lipinski definition) is 3. The molecule has 0 amide bonds. The molecule has 1 aromatic heterocycles. The number of rotatable bonds is 3. The van der Waals surface area contributed by atoms with Gasteiger partial charge in [0.2, 0.25) is 0 Å². The Labute approximate surface area is 96.8 Å². The Kier molecular flexibility index (Phi) is 2.91. The monoisotopic (exact) mass is 231 g/mol. The average molecular weight is 231 g/mol. The number of benzene rings is 1. The number of hydrogen-bond donors (Lipinski definition) is 1. The zero-order valence-electron chi connectivity index (χ0n) is 8.74. The van der Waals surface area contributed by atoms with Crippen molar-refractivity contribution >= 4 is 11.9 Å². The minimum atomic E-state index is -1.16. The van der Waals surface area contributed by atoms with Crippen LogP contribution >= 0.6 is 0 Å². The van der Waals surface area contributed by atoms with Crippen molar-refractivity contribution in [2.75, 3.05) is 0 Å². The summed E-state index contributed by atoms with van der Waals surface area (Å²) in [7, 11) is 0. The van der Waals surface area contributed by atoms with Crippen molar-refractivity contribution in [1.82, 2.24) is 4.73 Å². The SMILES string of the molecule is O=C(On1cccc1C(=O)O)c1ccccc1. The van der Waals surface area contributed by atoms with Crippen molar-refractivity contribution in [3.63, 3.8) is 0 Å². The van der Waals surface area contributed by atoms with Gasteiger partial charge in [-0.05, 0) is 24.3 Å². The predicted molar refractivity (Wildman–Crippen MR) is 58.7 cm³/mol. The molecule has 0 spiro atoms. The van der Waals surface area contributed by atoms with E-state index in [4.69, 9.17) is 9.94 Å². The lowest BCUT2D eigenvalue weighted by Gasteiger charge is -2.06. The van der Waals surface area contributed by atoms with Gasteiger partial charge in [-0.2, -0.15) is 4.73 Å². The van der Waals surface area contributed by atoms with Crippen LogP contribution in [0.2, 0.25) is 0 Å². The molecule has 1 heterocycles. The summed E-state index contributed by atoms with van der Waals surface area (Å²) in [5.74, 6) is -1.76. The van der Waals surface area contributed by atoms with Crippen LogP contribution in [-0.2, 0) is 0 Å². The second-order valence-corrected chi connectivity index (χ2v) is 3.27. The molecule has 1 N–H and O–H groups in total. The summed E-state index contributed by atoms with van der Waals surface area (Å²) in [5, 5.41) is 8.83. The molecule has 0 bridgehead atoms. The molecule has 0 fully saturated rings. The first-order valence-corrected chi connectivity index (χ1v) is 4.87. The highest BCUT2D eigenvalue weighted by Crippen LogP contribution is 2.03. The third kappa shape index (κ3) is 2.34. The number of carbonyl (C=O) groups excluding carboxylic acids is 1. The van der Waals surface area contributed by atoms with Gasteiger partial charge < -0.3 is 9.94 Å². The lowest BCUT2D eigenvalue weighted by atomic mass is 10.2. The third-order valence-corrected chi connectivity index (χ3v) is 2.12. The normalized spacial score (nSPS) is 9.88. The first-order valence-electron chi connectivity index (χ1n) is 4.87. The van der Waals surface area contributed by atoms with E-state index in [2.05, 4.69) is 0 Å². The molecule has 17 heavy (non-hydrogen) atoms. The number of aromatic nitrogens is 1. The molecule has 0 atom stereocenters. The van der Waals surface area contributed by atoms with Crippen LogP contribution in [0.3, 0.4) is 0 Å². The highest BCUT2D eigenvalue weighted by atomic mass is 16.7. The van der Waals surface area contributed by atoms with Gasteiger partial charge in [0.1, 0.15) is 0 Å². The lowest BCUT2D eigenvalue weighted by Crippen LogP contribution is -2.22. The Morgan fingerprint density at radius 3 is 2.41 bits per heavy atom. The molecule has 0 unspecified atom stereocenters. The minimum absolute atomic E-state index is 0.103. The topological polar surface area (TPSA) is 68.5 Å². The van der Waals surface area contributed by atoms with Gasteiger partial charge in [0.15, 0.2) is 5.69 Å². The average Bonchev–Trinajstić information content (AvgIpc) is 2.78. The standard InChI is InChI=1S/C12H9NO4/c14-11(15)10-7-4-8-13(10)17-12(16)9-5-2-1-3-6-9/h1-8H,(H,14,15). The van der Waals surface area contributed by atoms with Crippen LogP contribution in [0.1, 0.15) is 20.8 Å². The van der Waals surface area contributed by atoms with Crippen molar-refractivity contribution in [2.24, 2.45) is 0 Å². The minimum Gasteiger partial charge on any atom is -0.476 e. The van der Waals surface area contributed by atoms with Crippen molar-refractivity contribution in [3.05, 3.63) is 59.9 Å². The maximum Gasteiger partial charge on any atom is 0.363 e. The Bertz CT molecular complexity index is 545. The summed E-state index contributed by atoms with van der Waals surface area (Å²) >= 11 is 0. The molecule has 2 aromatic rings. The van der Waals surface area contributed by atoms with Crippen molar-refractivity contribution in [1.29, 1.82) is 0 Å². The summed E-state index contributed by atoms with van der Waals surface area (Å²) in [6.45, 7) is 0. The Hall–Kier alpha value is -2.56. The van der Waals surface area contributed by atoms with Gasteiger partial charge >= 0.3 is 11.9 Å². The molecule has 5 heteroatoms. The molecule has 0 aliphatic carbocycles. The molecule has 0 saturated heterocycles. The van der Waals surface area contributed by atoms with Crippen LogP contribution in [0.25, 0.3) is 0 Å². The third-order valence-electron chi connectivity index (χ3n) is 2.12. The molecule has 0 saturated carbocycles. The summed E-state index contributed by atoms with van der Waals surface area (Å²) in [6, 6.07) is 11.2. The fraction of sp³-hybridized carbons (Fsp3) is 0. The zero-order valence-corrected chi connectivity index (χ0v) is 8.74.